The molecule has 2 heterocycles. The van der Waals surface area contributed by atoms with Gasteiger partial charge in [-0.25, -0.2) is 0 Å². The van der Waals surface area contributed by atoms with Gasteiger partial charge in [-0.15, -0.1) is 0 Å². The molecule has 4 aromatic carbocycles. The number of benzene rings is 4. The number of ether oxygens (including phenoxy) is 6. The molecule has 2 N–H and O–H groups in total. The van der Waals surface area contributed by atoms with Gasteiger partial charge in [0.1, 0.15) is 17.8 Å². The Morgan fingerprint density at radius 2 is 0.936 bits per heavy atom. The number of rotatable bonds is 11. The Kier molecular flexibility index (Phi) is 9.43. The van der Waals surface area contributed by atoms with E-state index in [9.17, 15) is 0 Å². The van der Waals surface area contributed by atoms with Crippen molar-refractivity contribution in [2.24, 2.45) is 0 Å². The SMILES string of the molecule is COc1cc2c(cc1OC)C(Cc1ccc(Oc3cc(CC4c5cc(OC)c(OC)cc5C=C[NH+]4C)ccc3OC)cc1)[NH+](C)C=C2. The number of hydrogen-bond acceptors (Lipinski definition) is 6. The number of fused-ring (bicyclic) bond motifs is 2. The van der Waals surface area contributed by atoms with Crippen LogP contribution in [0, 0.1) is 0 Å². The monoisotopic (exact) mass is 636 g/mol. The maximum Gasteiger partial charge on any atom is 0.169 e. The van der Waals surface area contributed by atoms with Gasteiger partial charge in [0, 0.05) is 24.0 Å². The fourth-order valence-electron chi connectivity index (χ4n) is 6.64. The van der Waals surface area contributed by atoms with Crippen molar-refractivity contribution in [3.63, 3.8) is 0 Å². The third kappa shape index (κ3) is 6.52. The molecule has 0 aliphatic carbocycles. The normalized spacial score (nSPS) is 19.4. The molecule has 6 rings (SSSR count). The second-order valence-electron chi connectivity index (χ2n) is 12.1. The van der Waals surface area contributed by atoms with Gasteiger partial charge in [-0.2, -0.15) is 0 Å². The van der Waals surface area contributed by atoms with Crippen molar-refractivity contribution >= 4 is 12.2 Å². The van der Waals surface area contributed by atoms with Crippen LogP contribution in [0.15, 0.2) is 79.1 Å². The first-order chi connectivity index (χ1) is 22.8. The van der Waals surface area contributed by atoms with Crippen LogP contribution in [0.5, 0.6) is 40.2 Å². The van der Waals surface area contributed by atoms with Crippen molar-refractivity contribution in [3.8, 4) is 40.2 Å². The topological polar surface area (TPSA) is 64.3 Å². The van der Waals surface area contributed by atoms with Gasteiger partial charge in [0.25, 0.3) is 0 Å². The number of methoxy groups -OCH3 is 5. The summed E-state index contributed by atoms with van der Waals surface area (Å²) < 4.78 is 34.5. The van der Waals surface area contributed by atoms with E-state index < -0.39 is 0 Å². The molecule has 0 amide bonds. The summed E-state index contributed by atoms with van der Waals surface area (Å²) >= 11 is 0. The van der Waals surface area contributed by atoms with Crippen molar-refractivity contribution in [1.29, 1.82) is 0 Å². The molecule has 0 aromatic heterocycles. The molecule has 2 aliphatic rings. The molecule has 4 unspecified atom stereocenters. The third-order valence-corrected chi connectivity index (χ3v) is 9.34. The van der Waals surface area contributed by atoms with E-state index in [1.54, 1.807) is 35.5 Å². The zero-order valence-electron chi connectivity index (χ0n) is 28.2. The Morgan fingerprint density at radius 3 is 1.43 bits per heavy atom. The summed E-state index contributed by atoms with van der Waals surface area (Å²) in [7, 11) is 12.7. The molecule has 2 aliphatic heterocycles. The lowest BCUT2D eigenvalue weighted by Crippen LogP contribution is -3.05. The molecule has 244 valence electrons. The first kappa shape index (κ1) is 32.0. The summed E-state index contributed by atoms with van der Waals surface area (Å²) in [5, 5.41) is 0. The standard InChI is InChI=1S/C39H42N2O6/c1-40-16-14-27-21-35(43-4)37(45-6)23-30(27)32(40)18-25-8-11-29(12-9-25)47-39-20-26(10-13-34(39)42-3)19-33-31-24-38(46-7)36(44-5)22-28(31)15-17-41(33)2/h8-17,20-24,32-33H,18-19H2,1-7H3/p+2. The van der Waals surface area contributed by atoms with E-state index in [1.807, 2.05) is 24.3 Å². The summed E-state index contributed by atoms with van der Waals surface area (Å²) in [5.74, 6) is 5.08. The fraction of sp³-hybridized carbons (Fsp3) is 0.282. The van der Waals surface area contributed by atoms with E-state index in [0.29, 0.717) is 11.5 Å². The number of likely N-dealkylation sites (N-methyl/N-ethyl adjacent to an activating group) is 2. The van der Waals surface area contributed by atoms with Gasteiger partial charge in [-0.3, -0.25) is 0 Å². The Labute approximate surface area is 277 Å². The van der Waals surface area contributed by atoms with E-state index in [0.717, 1.165) is 58.3 Å². The molecular weight excluding hydrogens is 592 g/mol. The highest BCUT2D eigenvalue weighted by Gasteiger charge is 2.29. The molecule has 8 heteroatoms. The minimum absolute atomic E-state index is 0.191. The van der Waals surface area contributed by atoms with Crippen molar-refractivity contribution < 1.29 is 38.2 Å². The van der Waals surface area contributed by atoms with Gasteiger partial charge in [0.2, 0.25) is 0 Å². The average molecular weight is 637 g/mol. The van der Waals surface area contributed by atoms with Gasteiger partial charge in [0.15, 0.2) is 34.5 Å². The van der Waals surface area contributed by atoms with Crippen LogP contribution < -0.4 is 38.2 Å². The molecule has 0 fully saturated rings. The maximum atomic E-state index is 6.44. The molecular formula is C39H44N2O6+2. The molecule has 47 heavy (non-hydrogen) atoms. The first-order valence-corrected chi connectivity index (χ1v) is 15.8. The van der Waals surface area contributed by atoms with E-state index in [4.69, 9.17) is 28.4 Å². The van der Waals surface area contributed by atoms with Crippen LogP contribution in [-0.2, 0) is 12.8 Å². The average Bonchev–Trinajstić information content (AvgIpc) is 3.10. The Balaban J connectivity index is 1.20. The highest BCUT2D eigenvalue weighted by molar-refractivity contribution is 5.63. The largest absolute Gasteiger partial charge is 0.493 e. The van der Waals surface area contributed by atoms with Gasteiger partial charge >= 0.3 is 0 Å². The van der Waals surface area contributed by atoms with Gasteiger partial charge in [-0.05, 0) is 82.9 Å². The minimum Gasteiger partial charge on any atom is -0.493 e. The molecule has 8 nitrogen and oxygen atoms in total. The number of quaternary nitrogens is 2. The lowest BCUT2D eigenvalue weighted by atomic mass is 9.91. The summed E-state index contributed by atoms with van der Waals surface area (Å²) in [4.78, 5) is 2.60. The lowest BCUT2D eigenvalue weighted by molar-refractivity contribution is -0.860. The predicted molar refractivity (Wildman–Crippen MR) is 183 cm³/mol. The Bertz CT molecular complexity index is 1800. The molecule has 0 radical (unpaired) electrons. The molecule has 0 saturated heterocycles. The predicted octanol–water partition coefficient (Wildman–Crippen LogP) is 5.09. The van der Waals surface area contributed by atoms with Crippen molar-refractivity contribution in [2.45, 2.75) is 24.9 Å². The van der Waals surface area contributed by atoms with Crippen LogP contribution >= 0.6 is 0 Å². The van der Waals surface area contributed by atoms with Gasteiger partial charge in [-0.1, -0.05) is 18.2 Å². The molecule has 4 aromatic rings. The van der Waals surface area contributed by atoms with E-state index >= 15 is 0 Å². The Hall–Kier alpha value is -4.92. The van der Waals surface area contributed by atoms with Crippen LogP contribution in [0.1, 0.15) is 45.5 Å². The Morgan fingerprint density at radius 1 is 0.489 bits per heavy atom. The summed E-state index contributed by atoms with van der Waals surface area (Å²) in [6.07, 6.45) is 10.4. The van der Waals surface area contributed by atoms with Crippen molar-refractivity contribution in [2.75, 3.05) is 49.6 Å². The summed E-state index contributed by atoms with van der Waals surface area (Å²) in [6.45, 7) is 0. The van der Waals surface area contributed by atoms with Crippen LogP contribution in [-0.4, -0.2) is 49.6 Å². The van der Waals surface area contributed by atoms with Crippen LogP contribution in [0.4, 0.5) is 0 Å². The summed E-state index contributed by atoms with van der Waals surface area (Å²) in [6, 6.07) is 23.3. The zero-order chi connectivity index (χ0) is 33.1. The molecule has 0 saturated carbocycles. The van der Waals surface area contributed by atoms with E-state index in [-0.39, 0.29) is 12.1 Å². The molecule has 0 bridgehead atoms. The third-order valence-electron chi connectivity index (χ3n) is 9.34. The van der Waals surface area contributed by atoms with Crippen molar-refractivity contribution in [1.82, 2.24) is 0 Å². The smallest absolute Gasteiger partial charge is 0.169 e. The number of hydrogen-bond donors (Lipinski definition) is 2. The molecule has 0 spiro atoms. The van der Waals surface area contributed by atoms with Crippen LogP contribution in [0.25, 0.3) is 12.2 Å². The summed E-state index contributed by atoms with van der Waals surface area (Å²) in [5.41, 5.74) is 7.14. The van der Waals surface area contributed by atoms with E-state index in [2.05, 4.69) is 81.1 Å². The quantitative estimate of drug-likeness (QED) is 0.239. The second kappa shape index (κ2) is 13.8. The molecule has 4 atom stereocenters. The van der Waals surface area contributed by atoms with Crippen LogP contribution in [0.2, 0.25) is 0 Å². The highest BCUT2D eigenvalue weighted by atomic mass is 16.5. The van der Waals surface area contributed by atoms with Gasteiger partial charge in [0.05, 0.1) is 62.0 Å². The number of nitrogens with one attached hydrogen (secondary N) is 2. The maximum absolute atomic E-state index is 6.44. The zero-order valence-corrected chi connectivity index (χ0v) is 28.2. The van der Waals surface area contributed by atoms with Crippen molar-refractivity contribution in [3.05, 3.63) is 113 Å². The lowest BCUT2D eigenvalue weighted by Gasteiger charge is -2.28. The second-order valence-corrected chi connectivity index (χ2v) is 12.1. The highest BCUT2D eigenvalue weighted by Crippen LogP contribution is 2.38. The van der Waals surface area contributed by atoms with E-state index in [1.165, 1.54) is 26.5 Å². The van der Waals surface area contributed by atoms with Crippen LogP contribution in [0.3, 0.4) is 0 Å². The fourth-order valence-corrected chi connectivity index (χ4v) is 6.64. The minimum atomic E-state index is 0.191. The first-order valence-electron chi connectivity index (χ1n) is 15.8. The van der Waals surface area contributed by atoms with Gasteiger partial charge < -0.3 is 38.2 Å².